The number of aromatic nitrogens is 1. The summed E-state index contributed by atoms with van der Waals surface area (Å²) < 4.78 is 0. The number of hydrogen-bond acceptors (Lipinski definition) is 4. The zero-order chi connectivity index (χ0) is 12.7. The smallest absolute Gasteiger partial charge is 0.280 e. The van der Waals surface area contributed by atoms with Crippen molar-refractivity contribution in [2.75, 3.05) is 0 Å². The SMILES string of the molecule is NC1CCC(N2C(=O)c3cccnc3C2=O)CC1. The number of pyridine rings is 1. The van der Waals surface area contributed by atoms with Gasteiger partial charge in [0, 0.05) is 18.3 Å². The number of fused-ring (bicyclic) bond motifs is 1. The van der Waals surface area contributed by atoms with E-state index in [1.165, 1.54) is 4.90 Å². The van der Waals surface area contributed by atoms with Crippen molar-refractivity contribution in [3.63, 3.8) is 0 Å². The molecule has 0 unspecified atom stereocenters. The number of imide groups is 1. The van der Waals surface area contributed by atoms with Crippen molar-refractivity contribution in [2.45, 2.75) is 37.8 Å². The van der Waals surface area contributed by atoms with Crippen LogP contribution in [-0.4, -0.2) is 33.8 Å². The van der Waals surface area contributed by atoms with Crippen LogP contribution in [0.25, 0.3) is 0 Å². The second-order valence-electron chi connectivity index (χ2n) is 4.95. The van der Waals surface area contributed by atoms with Crippen LogP contribution in [0, 0.1) is 0 Å². The third kappa shape index (κ3) is 1.62. The van der Waals surface area contributed by atoms with Crippen molar-refractivity contribution < 1.29 is 9.59 Å². The summed E-state index contributed by atoms with van der Waals surface area (Å²) in [7, 11) is 0. The first-order valence-corrected chi connectivity index (χ1v) is 6.27. The van der Waals surface area contributed by atoms with Gasteiger partial charge in [0.15, 0.2) is 0 Å². The lowest BCUT2D eigenvalue weighted by Crippen LogP contribution is -2.44. The van der Waals surface area contributed by atoms with Gasteiger partial charge in [-0.15, -0.1) is 0 Å². The van der Waals surface area contributed by atoms with Gasteiger partial charge in [-0.3, -0.25) is 19.5 Å². The van der Waals surface area contributed by atoms with E-state index < -0.39 is 0 Å². The molecule has 1 aliphatic heterocycles. The summed E-state index contributed by atoms with van der Waals surface area (Å²) in [5.41, 5.74) is 6.57. The average molecular weight is 245 g/mol. The second kappa shape index (κ2) is 4.17. The fraction of sp³-hybridized carbons (Fsp3) is 0.462. The van der Waals surface area contributed by atoms with E-state index in [-0.39, 0.29) is 29.6 Å². The monoisotopic (exact) mass is 245 g/mol. The standard InChI is InChI=1S/C13H15N3O2/c14-8-3-5-9(6-4-8)16-12(17)10-2-1-7-15-11(10)13(16)18/h1-2,7-9H,3-6,14H2. The van der Waals surface area contributed by atoms with Gasteiger partial charge in [-0.25, -0.2) is 0 Å². The Morgan fingerprint density at radius 2 is 1.89 bits per heavy atom. The first-order valence-electron chi connectivity index (χ1n) is 6.27. The fourth-order valence-electron chi connectivity index (χ4n) is 2.78. The van der Waals surface area contributed by atoms with Crippen LogP contribution in [0.5, 0.6) is 0 Å². The zero-order valence-electron chi connectivity index (χ0n) is 10.0. The Morgan fingerprint density at radius 1 is 1.17 bits per heavy atom. The molecule has 2 amide bonds. The largest absolute Gasteiger partial charge is 0.328 e. The Balaban J connectivity index is 1.88. The number of amides is 2. The minimum absolute atomic E-state index is 0.0148. The topological polar surface area (TPSA) is 76.3 Å². The summed E-state index contributed by atoms with van der Waals surface area (Å²) in [6.45, 7) is 0. The first kappa shape index (κ1) is 11.3. The van der Waals surface area contributed by atoms with Crippen molar-refractivity contribution >= 4 is 11.8 Å². The molecule has 2 N–H and O–H groups in total. The van der Waals surface area contributed by atoms with Crippen LogP contribution in [0.15, 0.2) is 18.3 Å². The van der Waals surface area contributed by atoms with E-state index >= 15 is 0 Å². The molecule has 1 saturated carbocycles. The van der Waals surface area contributed by atoms with Crippen LogP contribution in [0.3, 0.4) is 0 Å². The van der Waals surface area contributed by atoms with Crippen molar-refractivity contribution in [3.05, 3.63) is 29.6 Å². The van der Waals surface area contributed by atoms with Gasteiger partial charge in [0.05, 0.1) is 5.56 Å². The lowest BCUT2D eigenvalue weighted by Gasteiger charge is -2.31. The molecule has 5 nitrogen and oxygen atoms in total. The number of nitrogens with zero attached hydrogens (tertiary/aromatic N) is 2. The molecule has 0 bridgehead atoms. The van der Waals surface area contributed by atoms with Gasteiger partial charge in [-0.2, -0.15) is 0 Å². The van der Waals surface area contributed by atoms with Crippen LogP contribution in [0.4, 0.5) is 0 Å². The van der Waals surface area contributed by atoms with Crippen molar-refractivity contribution in [1.82, 2.24) is 9.88 Å². The molecule has 1 fully saturated rings. The van der Waals surface area contributed by atoms with Crippen LogP contribution >= 0.6 is 0 Å². The van der Waals surface area contributed by atoms with E-state index in [0.717, 1.165) is 25.7 Å². The van der Waals surface area contributed by atoms with Crippen LogP contribution < -0.4 is 5.73 Å². The number of hydrogen-bond donors (Lipinski definition) is 1. The molecule has 0 spiro atoms. The molecule has 0 saturated heterocycles. The summed E-state index contributed by atoms with van der Waals surface area (Å²) in [6, 6.07) is 3.54. The number of carbonyl (C=O) groups excluding carboxylic acids is 2. The highest BCUT2D eigenvalue weighted by molar-refractivity contribution is 6.20. The molecule has 1 aliphatic carbocycles. The van der Waals surface area contributed by atoms with E-state index in [2.05, 4.69) is 4.98 Å². The van der Waals surface area contributed by atoms with E-state index in [1.54, 1.807) is 18.3 Å². The maximum absolute atomic E-state index is 12.2. The Kier molecular flexibility index (Phi) is 2.63. The minimum Gasteiger partial charge on any atom is -0.328 e. The summed E-state index contributed by atoms with van der Waals surface area (Å²) >= 11 is 0. The fourth-order valence-corrected chi connectivity index (χ4v) is 2.78. The third-order valence-electron chi connectivity index (χ3n) is 3.78. The van der Waals surface area contributed by atoms with Gasteiger partial charge >= 0.3 is 0 Å². The van der Waals surface area contributed by atoms with Crippen molar-refractivity contribution in [3.8, 4) is 0 Å². The van der Waals surface area contributed by atoms with Gasteiger partial charge in [0.25, 0.3) is 11.8 Å². The van der Waals surface area contributed by atoms with Crippen LogP contribution in [0.2, 0.25) is 0 Å². The zero-order valence-corrected chi connectivity index (χ0v) is 10.0. The molecule has 3 rings (SSSR count). The Bertz CT molecular complexity index is 472. The molecular formula is C13H15N3O2. The first-order chi connectivity index (χ1) is 8.68. The van der Waals surface area contributed by atoms with Gasteiger partial charge in [-0.1, -0.05) is 0 Å². The Hall–Kier alpha value is -1.75. The lowest BCUT2D eigenvalue weighted by atomic mass is 9.91. The summed E-state index contributed by atoms with van der Waals surface area (Å²) in [4.78, 5) is 29.8. The maximum atomic E-state index is 12.2. The van der Waals surface area contributed by atoms with Gasteiger partial charge in [0.2, 0.25) is 0 Å². The molecule has 2 heterocycles. The van der Waals surface area contributed by atoms with E-state index in [9.17, 15) is 9.59 Å². The Morgan fingerprint density at radius 3 is 2.56 bits per heavy atom. The van der Waals surface area contributed by atoms with E-state index in [0.29, 0.717) is 5.56 Å². The molecule has 0 aromatic carbocycles. The van der Waals surface area contributed by atoms with Gasteiger partial charge in [-0.05, 0) is 37.8 Å². The normalized spacial score (nSPS) is 27.5. The molecule has 94 valence electrons. The van der Waals surface area contributed by atoms with Crippen LogP contribution in [-0.2, 0) is 0 Å². The molecule has 2 aliphatic rings. The Labute approximate surface area is 105 Å². The van der Waals surface area contributed by atoms with Gasteiger partial charge < -0.3 is 5.73 Å². The summed E-state index contributed by atoms with van der Waals surface area (Å²) in [5, 5.41) is 0. The predicted octanol–water partition coefficient (Wildman–Crippen LogP) is 0.947. The lowest BCUT2D eigenvalue weighted by molar-refractivity contribution is 0.0541. The van der Waals surface area contributed by atoms with Crippen molar-refractivity contribution in [1.29, 1.82) is 0 Å². The minimum atomic E-state index is -0.254. The van der Waals surface area contributed by atoms with E-state index in [1.807, 2.05) is 0 Å². The highest BCUT2D eigenvalue weighted by Crippen LogP contribution is 2.29. The molecule has 1 aromatic rings. The number of carbonyl (C=O) groups is 2. The van der Waals surface area contributed by atoms with Crippen LogP contribution in [0.1, 0.15) is 46.5 Å². The number of nitrogens with two attached hydrogens (primary N) is 1. The molecular weight excluding hydrogens is 230 g/mol. The third-order valence-corrected chi connectivity index (χ3v) is 3.78. The molecule has 18 heavy (non-hydrogen) atoms. The van der Waals surface area contributed by atoms with Crippen molar-refractivity contribution in [2.24, 2.45) is 5.73 Å². The maximum Gasteiger partial charge on any atom is 0.280 e. The van der Waals surface area contributed by atoms with E-state index in [4.69, 9.17) is 5.73 Å². The predicted molar refractivity (Wildman–Crippen MR) is 65.0 cm³/mol. The molecule has 0 atom stereocenters. The summed E-state index contributed by atoms with van der Waals surface area (Å²) in [6.07, 6.45) is 4.88. The molecule has 5 heteroatoms. The molecule has 0 radical (unpaired) electrons. The highest BCUT2D eigenvalue weighted by Gasteiger charge is 2.41. The molecule has 1 aromatic heterocycles. The highest BCUT2D eigenvalue weighted by atomic mass is 16.2. The number of rotatable bonds is 1. The van der Waals surface area contributed by atoms with Gasteiger partial charge in [0.1, 0.15) is 5.69 Å². The summed E-state index contributed by atoms with van der Waals surface area (Å²) in [5.74, 6) is -0.459. The second-order valence-corrected chi connectivity index (χ2v) is 4.95. The quantitative estimate of drug-likeness (QED) is 0.747. The average Bonchev–Trinajstić information content (AvgIpc) is 2.64.